The highest BCUT2D eigenvalue weighted by Crippen LogP contribution is 2.36. The van der Waals surface area contributed by atoms with Crippen molar-refractivity contribution in [3.05, 3.63) is 82.2 Å². The maximum Gasteiger partial charge on any atom is 0.407 e. The summed E-state index contributed by atoms with van der Waals surface area (Å²) in [6, 6.07) is 16.8. The number of aliphatic hydroxyl groups is 1. The number of ether oxygens (including phenoxy) is 10. The maximum atomic E-state index is 13.8. The first kappa shape index (κ1) is 53.3. The molecular formula is C47H70N4O14. The van der Waals surface area contributed by atoms with E-state index in [-0.39, 0.29) is 32.0 Å². The average Bonchev–Trinajstić information content (AvgIpc) is 3.31. The summed E-state index contributed by atoms with van der Waals surface area (Å²) in [6.45, 7) is 8.30. The van der Waals surface area contributed by atoms with Gasteiger partial charge in [0.1, 0.15) is 49.8 Å². The van der Waals surface area contributed by atoms with E-state index in [2.05, 4.69) is 15.3 Å². The molecule has 362 valence electrons. The van der Waals surface area contributed by atoms with Crippen molar-refractivity contribution < 1.29 is 66.9 Å². The highest BCUT2D eigenvalue weighted by molar-refractivity contribution is 5.89. The predicted molar refractivity (Wildman–Crippen MR) is 237 cm³/mol. The fraction of sp³-hybridized carbons (Fsp3) is 0.681. The van der Waals surface area contributed by atoms with E-state index in [1.54, 1.807) is 30.3 Å². The van der Waals surface area contributed by atoms with Crippen LogP contribution in [0.25, 0.3) is 10.4 Å². The summed E-state index contributed by atoms with van der Waals surface area (Å²) < 4.78 is 62.1. The number of carbonyl (C=O) groups excluding carboxylic acids is 3. The number of rotatable bonds is 30. The molecule has 0 spiro atoms. The molecule has 2 aromatic rings. The summed E-state index contributed by atoms with van der Waals surface area (Å²) in [4.78, 5) is 41.1. The summed E-state index contributed by atoms with van der Waals surface area (Å²) in [7, 11) is 0. The molecule has 2 aliphatic heterocycles. The molecule has 0 aromatic heterocycles. The van der Waals surface area contributed by atoms with Gasteiger partial charge in [0.25, 0.3) is 0 Å². The van der Waals surface area contributed by atoms with Gasteiger partial charge in [-0.3, -0.25) is 4.79 Å². The van der Waals surface area contributed by atoms with Crippen molar-refractivity contribution in [2.24, 2.45) is 5.11 Å². The Balaban J connectivity index is 1.54. The number of alkyl carbamates (subject to hydrolysis) is 1. The number of carbonyl (C=O) groups is 3. The minimum atomic E-state index is -1.35. The van der Waals surface area contributed by atoms with Crippen LogP contribution in [0.2, 0.25) is 0 Å². The Labute approximate surface area is 382 Å². The smallest absolute Gasteiger partial charge is 0.407 e. The molecule has 1 amide bonds. The average molecular weight is 915 g/mol. The van der Waals surface area contributed by atoms with E-state index >= 15 is 0 Å². The van der Waals surface area contributed by atoms with Crippen LogP contribution >= 0.6 is 0 Å². The third-order valence-electron chi connectivity index (χ3n) is 10.8. The lowest BCUT2D eigenvalue weighted by Crippen LogP contribution is -2.66. The van der Waals surface area contributed by atoms with Crippen molar-refractivity contribution in [2.75, 3.05) is 46.2 Å². The molecule has 2 fully saturated rings. The SMILES string of the molecule is CCCCOC1C(COC(C)=O)OC(OC2C(CO)OC(OCCCCCCNC(=O)OCc3ccccc3)C(OC(=O)c3ccccc3)C2OCCCC)C(N=[N+]=[N-])C1OCCCC. The monoisotopic (exact) mass is 914 g/mol. The second kappa shape index (κ2) is 30.8. The predicted octanol–water partition coefficient (Wildman–Crippen LogP) is 7.34. The van der Waals surface area contributed by atoms with Crippen LogP contribution in [0, 0.1) is 0 Å². The van der Waals surface area contributed by atoms with Gasteiger partial charge in [-0.05, 0) is 55.3 Å². The first-order valence-electron chi connectivity index (χ1n) is 23.2. The molecule has 0 aliphatic carbocycles. The van der Waals surface area contributed by atoms with Gasteiger partial charge in [-0.1, -0.05) is 107 Å². The Kier molecular flexibility index (Phi) is 25.2. The van der Waals surface area contributed by atoms with E-state index in [9.17, 15) is 25.0 Å². The number of benzene rings is 2. The largest absolute Gasteiger partial charge is 0.463 e. The first-order chi connectivity index (χ1) is 31.7. The van der Waals surface area contributed by atoms with Crippen LogP contribution in [0.1, 0.15) is 108 Å². The topological polar surface area (TPSA) is 225 Å². The number of esters is 2. The summed E-state index contributed by atoms with van der Waals surface area (Å²) >= 11 is 0. The molecule has 2 N–H and O–H groups in total. The molecule has 0 bridgehead atoms. The quantitative estimate of drug-likeness (QED) is 0.0195. The molecule has 10 unspecified atom stereocenters. The number of nitrogens with one attached hydrogen (secondary N) is 1. The van der Waals surface area contributed by atoms with Crippen LogP contribution in [0.3, 0.4) is 0 Å². The third-order valence-corrected chi connectivity index (χ3v) is 10.8. The van der Waals surface area contributed by atoms with Gasteiger partial charge in [0.05, 0.1) is 18.3 Å². The molecule has 18 nitrogen and oxygen atoms in total. The van der Waals surface area contributed by atoms with Gasteiger partial charge in [-0.25, -0.2) is 9.59 Å². The van der Waals surface area contributed by atoms with Crippen LogP contribution in [0.15, 0.2) is 65.8 Å². The highest BCUT2D eigenvalue weighted by atomic mass is 16.8. The van der Waals surface area contributed by atoms with E-state index < -0.39 is 86.0 Å². The molecule has 65 heavy (non-hydrogen) atoms. The van der Waals surface area contributed by atoms with Crippen molar-refractivity contribution in [1.29, 1.82) is 0 Å². The lowest BCUT2D eigenvalue weighted by molar-refractivity contribution is -0.352. The molecule has 2 aliphatic rings. The van der Waals surface area contributed by atoms with Crippen molar-refractivity contribution in [3.63, 3.8) is 0 Å². The van der Waals surface area contributed by atoms with Crippen LogP contribution in [-0.2, 0) is 58.8 Å². The Morgan fingerprint density at radius 3 is 1.92 bits per heavy atom. The van der Waals surface area contributed by atoms with Gasteiger partial charge in [0, 0.05) is 44.8 Å². The normalized spacial score (nSPS) is 25.2. The Bertz CT molecular complexity index is 1690. The van der Waals surface area contributed by atoms with Crippen LogP contribution in [0.4, 0.5) is 4.79 Å². The van der Waals surface area contributed by atoms with Crippen LogP contribution in [0.5, 0.6) is 0 Å². The molecule has 18 heteroatoms. The zero-order chi connectivity index (χ0) is 46.7. The van der Waals surface area contributed by atoms with Gasteiger partial charge >= 0.3 is 18.0 Å². The van der Waals surface area contributed by atoms with E-state index in [1.165, 1.54) is 6.92 Å². The first-order valence-corrected chi connectivity index (χ1v) is 23.2. The molecule has 0 radical (unpaired) electrons. The Hall–Kier alpha value is -4.36. The fourth-order valence-corrected chi connectivity index (χ4v) is 7.31. The number of unbranched alkanes of at least 4 members (excludes halogenated alkanes) is 6. The third kappa shape index (κ3) is 18.1. The van der Waals surface area contributed by atoms with Gasteiger partial charge in [0.15, 0.2) is 18.7 Å². The van der Waals surface area contributed by atoms with Gasteiger partial charge < -0.3 is 57.8 Å². The number of aliphatic hydroxyl groups excluding tert-OH is 1. The van der Waals surface area contributed by atoms with E-state index in [4.69, 9.17) is 47.4 Å². The number of nitrogens with zero attached hydrogens (tertiary/aromatic N) is 3. The maximum absolute atomic E-state index is 13.8. The van der Waals surface area contributed by atoms with Gasteiger partial charge in [0.2, 0.25) is 0 Å². The van der Waals surface area contributed by atoms with Crippen molar-refractivity contribution in [2.45, 2.75) is 160 Å². The zero-order valence-corrected chi connectivity index (χ0v) is 38.4. The summed E-state index contributed by atoms with van der Waals surface area (Å²) in [6.07, 6.45) is -2.79. The molecule has 2 aromatic carbocycles. The second-order valence-corrected chi connectivity index (χ2v) is 15.9. The van der Waals surface area contributed by atoms with Crippen molar-refractivity contribution >= 4 is 18.0 Å². The summed E-state index contributed by atoms with van der Waals surface area (Å²) in [5.74, 6) is -1.20. The van der Waals surface area contributed by atoms with E-state index in [1.807, 2.05) is 51.1 Å². The van der Waals surface area contributed by atoms with Gasteiger partial charge in [-0.15, -0.1) is 0 Å². The molecule has 0 saturated carbocycles. The molecular weight excluding hydrogens is 845 g/mol. The number of hydrogen-bond donors (Lipinski definition) is 2. The standard InChI is InChI=1S/C47H70N4O14/c1-5-8-26-56-39-37(32-60-33(4)53)63-45(38(50-51-48)41(39)57-27-9-6-2)65-40-36(30-52)62-46(43(42(40)58-28-10-7-3)64-44(54)35-23-17-14-18-24-35)59-29-20-12-11-19-25-49-47(55)61-31-34-21-15-13-16-22-34/h13-18,21-24,36-43,45-46,52H,5-12,19-20,25-32H2,1-4H3,(H,49,55). The van der Waals surface area contributed by atoms with E-state index in [0.29, 0.717) is 45.4 Å². The fourth-order valence-electron chi connectivity index (χ4n) is 7.31. The summed E-state index contributed by atoms with van der Waals surface area (Å²) in [5.41, 5.74) is 11.1. The highest BCUT2D eigenvalue weighted by Gasteiger charge is 2.54. The zero-order valence-electron chi connectivity index (χ0n) is 38.4. The minimum Gasteiger partial charge on any atom is -0.463 e. The molecule has 2 saturated heterocycles. The van der Waals surface area contributed by atoms with Crippen molar-refractivity contribution in [1.82, 2.24) is 5.32 Å². The Morgan fingerprint density at radius 2 is 1.29 bits per heavy atom. The minimum absolute atomic E-state index is 0.190. The summed E-state index contributed by atoms with van der Waals surface area (Å²) in [5, 5.41) is 17.8. The molecule has 10 atom stereocenters. The second-order valence-electron chi connectivity index (χ2n) is 15.9. The number of azide groups is 1. The van der Waals surface area contributed by atoms with Crippen molar-refractivity contribution in [3.8, 4) is 0 Å². The number of hydrogen-bond acceptors (Lipinski definition) is 15. The molecule has 4 rings (SSSR count). The van der Waals surface area contributed by atoms with Gasteiger partial charge in [-0.2, -0.15) is 0 Å². The molecule has 2 heterocycles. The lowest BCUT2D eigenvalue weighted by atomic mass is 9.95. The number of amides is 1. The lowest BCUT2D eigenvalue weighted by Gasteiger charge is -2.49. The van der Waals surface area contributed by atoms with Crippen LogP contribution in [-0.4, -0.2) is 131 Å². The van der Waals surface area contributed by atoms with Crippen LogP contribution < -0.4 is 5.32 Å². The Morgan fingerprint density at radius 1 is 0.692 bits per heavy atom. The van der Waals surface area contributed by atoms with E-state index in [0.717, 1.165) is 44.1 Å².